The zero-order valence-electron chi connectivity index (χ0n) is 9.49. The highest BCUT2D eigenvalue weighted by Gasteiger charge is 2.13. The Labute approximate surface area is 92.1 Å². The minimum absolute atomic E-state index is 0.781. The van der Waals surface area contributed by atoms with Crippen LogP contribution in [0.4, 0.5) is 0 Å². The summed E-state index contributed by atoms with van der Waals surface area (Å²) in [6.45, 7) is 3.66. The van der Waals surface area contributed by atoms with Crippen LogP contribution in [0.1, 0.15) is 26.2 Å². The predicted molar refractivity (Wildman–Crippen MR) is 59.2 cm³/mol. The molecule has 0 spiro atoms. The number of ether oxygens (including phenoxy) is 1. The molecule has 0 aromatic heterocycles. The van der Waals surface area contributed by atoms with Crippen LogP contribution in [0.2, 0.25) is 5.79 Å². The van der Waals surface area contributed by atoms with Gasteiger partial charge in [0.15, 0.2) is 0 Å². The lowest BCUT2D eigenvalue weighted by Gasteiger charge is -2.06. The summed E-state index contributed by atoms with van der Waals surface area (Å²) in [6.07, 6.45) is 6.89. The third-order valence-electron chi connectivity index (χ3n) is 1.77. The Balaban J connectivity index is 3.02. The van der Waals surface area contributed by atoms with Crippen molar-refractivity contribution in [3.05, 3.63) is 12.3 Å². The fourth-order valence-electron chi connectivity index (χ4n) is 0.837. The smallest absolute Gasteiger partial charge is 0.502 e. The summed E-state index contributed by atoms with van der Waals surface area (Å²) in [4.78, 5) is 0. The summed E-state index contributed by atoms with van der Waals surface area (Å²) < 4.78 is 15.8. The fraction of sp³-hybridized carbons (Fsp3) is 0.800. The number of hydrogen-bond donors (Lipinski definition) is 0. The topological polar surface area (TPSA) is 27.7 Å². The average Bonchev–Trinajstić information content (AvgIpc) is 2.21. The molecule has 0 bridgehead atoms. The van der Waals surface area contributed by atoms with E-state index >= 15 is 0 Å². The average molecular weight is 216 g/mol. The van der Waals surface area contributed by atoms with Crippen LogP contribution in [0.25, 0.3) is 0 Å². The van der Waals surface area contributed by atoms with Crippen LogP contribution in [0.5, 0.6) is 0 Å². The molecule has 0 N–H and O–H groups in total. The molecule has 0 aliphatic heterocycles. The van der Waals surface area contributed by atoms with E-state index in [1.165, 1.54) is 0 Å². The van der Waals surface area contributed by atoms with Crippen LogP contribution in [-0.4, -0.2) is 35.1 Å². The van der Waals surface area contributed by atoms with E-state index in [-0.39, 0.29) is 0 Å². The van der Waals surface area contributed by atoms with Crippen molar-refractivity contribution in [1.29, 1.82) is 0 Å². The van der Waals surface area contributed by atoms with Crippen molar-refractivity contribution >= 4 is 14.8 Å². The second-order valence-corrected chi connectivity index (χ2v) is 4.97. The Morgan fingerprint density at radius 2 is 1.93 bits per heavy atom. The second-order valence-electron chi connectivity index (χ2n) is 3.03. The first kappa shape index (κ1) is 14.0. The molecular weight excluding hydrogens is 195 g/mol. The van der Waals surface area contributed by atoms with Gasteiger partial charge in [0, 0.05) is 13.7 Å². The summed E-state index contributed by atoms with van der Waals surface area (Å²) in [5, 5.41) is 0. The molecule has 0 aliphatic carbocycles. The highest BCUT2D eigenvalue weighted by atomic mass is 27.2. The minimum atomic E-state index is -1.31. The molecule has 0 rings (SSSR count). The fourth-order valence-corrected chi connectivity index (χ4v) is 1.47. The van der Waals surface area contributed by atoms with Crippen LogP contribution in [0, 0.1) is 0 Å². The number of rotatable bonds is 9. The summed E-state index contributed by atoms with van der Waals surface area (Å²) >= 11 is -1.31. The lowest BCUT2D eigenvalue weighted by atomic mass is 10.3. The largest absolute Gasteiger partial charge is 0.670 e. The van der Waals surface area contributed by atoms with E-state index in [0.29, 0.717) is 0 Å². The molecule has 0 aliphatic rings. The van der Waals surface area contributed by atoms with E-state index in [1.54, 1.807) is 13.4 Å². The molecule has 0 atom stereocenters. The van der Waals surface area contributed by atoms with Crippen molar-refractivity contribution in [1.82, 2.24) is 0 Å². The maximum absolute atomic E-state index is 5.46. The molecule has 3 nitrogen and oxygen atoms in total. The summed E-state index contributed by atoms with van der Waals surface area (Å²) in [7, 11) is 1.70. The van der Waals surface area contributed by atoms with Crippen molar-refractivity contribution in [3.63, 3.8) is 0 Å². The van der Waals surface area contributed by atoms with Gasteiger partial charge in [-0.1, -0.05) is 18.8 Å². The molecule has 0 heterocycles. The first-order valence-electron chi connectivity index (χ1n) is 5.22. The van der Waals surface area contributed by atoms with Crippen molar-refractivity contribution < 1.29 is 12.3 Å². The van der Waals surface area contributed by atoms with Crippen LogP contribution in [-0.2, 0) is 12.3 Å². The molecule has 0 radical (unpaired) electrons. The van der Waals surface area contributed by atoms with Gasteiger partial charge in [0.1, 0.15) is 0 Å². The highest BCUT2D eigenvalue weighted by molar-refractivity contribution is 6.42. The molecule has 82 valence electrons. The molecule has 0 aromatic rings. The summed E-state index contributed by atoms with van der Waals surface area (Å²) in [6, 6.07) is 0. The molecule has 0 unspecified atom stereocenters. The van der Waals surface area contributed by atoms with Crippen molar-refractivity contribution in [2.45, 2.75) is 32.0 Å². The van der Waals surface area contributed by atoms with Crippen molar-refractivity contribution in [2.24, 2.45) is 0 Å². The lowest BCUT2D eigenvalue weighted by Crippen LogP contribution is -2.16. The van der Waals surface area contributed by atoms with E-state index in [2.05, 4.69) is 6.92 Å². The van der Waals surface area contributed by atoms with Gasteiger partial charge in [0.25, 0.3) is 0 Å². The SMILES string of the molecule is CCC=COCCCC[O][Al]([CH3])[O]C. The van der Waals surface area contributed by atoms with Crippen LogP contribution in [0.3, 0.4) is 0 Å². The highest BCUT2D eigenvalue weighted by Crippen LogP contribution is 1.94. The van der Waals surface area contributed by atoms with Crippen molar-refractivity contribution in [3.8, 4) is 0 Å². The van der Waals surface area contributed by atoms with Crippen LogP contribution >= 0.6 is 0 Å². The third kappa shape index (κ3) is 10.1. The Morgan fingerprint density at radius 1 is 1.21 bits per heavy atom. The molecular formula is C10H21AlO3. The van der Waals surface area contributed by atoms with Gasteiger partial charge in [0.05, 0.1) is 12.9 Å². The summed E-state index contributed by atoms with van der Waals surface area (Å²) in [5.74, 6) is 2.03. The Hall–Kier alpha value is -0.00753. The van der Waals surface area contributed by atoms with Crippen molar-refractivity contribution in [2.75, 3.05) is 20.3 Å². The van der Waals surface area contributed by atoms with Gasteiger partial charge >= 0.3 is 14.8 Å². The number of hydrogen-bond acceptors (Lipinski definition) is 3. The maximum Gasteiger partial charge on any atom is 0.670 e. The predicted octanol–water partition coefficient (Wildman–Crippen LogP) is 2.49. The monoisotopic (exact) mass is 216 g/mol. The zero-order valence-corrected chi connectivity index (χ0v) is 10.6. The van der Waals surface area contributed by atoms with Crippen LogP contribution in [0.15, 0.2) is 12.3 Å². The number of unbranched alkanes of at least 4 members (excludes halogenated alkanes) is 1. The van der Waals surface area contributed by atoms with E-state index < -0.39 is 14.8 Å². The first-order valence-corrected chi connectivity index (χ1v) is 7.32. The van der Waals surface area contributed by atoms with E-state index in [4.69, 9.17) is 12.3 Å². The quantitative estimate of drug-likeness (QED) is 0.336. The molecule has 0 saturated carbocycles. The van der Waals surface area contributed by atoms with Gasteiger partial charge in [-0.2, -0.15) is 0 Å². The van der Waals surface area contributed by atoms with Gasteiger partial charge in [-0.25, -0.2) is 0 Å². The van der Waals surface area contributed by atoms with E-state index in [9.17, 15) is 0 Å². The Kier molecular flexibility index (Phi) is 11.1. The van der Waals surface area contributed by atoms with E-state index in [1.807, 2.05) is 11.9 Å². The maximum atomic E-state index is 5.46. The lowest BCUT2D eigenvalue weighted by molar-refractivity contribution is 0.204. The van der Waals surface area contributed by atoms with Gasteiger partial charge in [-0.05, 0) is 19.3 Å². The normalized spacial score (nSPS) is 10.8. The van der Waals surface area contributed by atoms with Gasteiger partial charge in [0.2, 0.25) is 0 Å². The molecule has 0 amide bonds. The molecule has 0 aromatic carbocycles. The van der Waals surface area contributed by atoms with Gasteiger partial charge in [-0.15, -0.1) is 0 Å². The first-order chi connectivity index (χ1) is 6.81. The molecule has 14 heavy (non-hydrogen) atoms. The standard InChI is InChI=1S/C8H15O2.CH3O.CH3.Al/c1-2-3-7-10-8-5-4-6-9;1-2;;/h3,7H,2,4-6,8H2,1H3;1H3;1H3;/q2*-1;;+2. The van der Waals surface area contributed by atoms with Crippen LogP contribution < -0.4 is 0 Å². The van der Waals surface area contributed by atoms with Gasteiger partial charge < -0.3 is 12.3 Å². The third-order valence-corrected chi connectivity index (χ3v) is 3.14. The molecule has 0 saturated heterocycles. The Morgan fingerprint density at radius 3 is 2.57 bits per heavy atom. The molecule has 4 heteroatoms. The summed E-state index contributed by atoms with van der Waals surface area (Å²) in [5.41, 5.74) is 0. The second kappa shape index (κ2) is 11.1. The van der Waals surface area contributed by atoms with Gasteiger partial charge in [-0.3, -0.25) is 0 Å². The van der Waals surface area contributed by atoms with E-state index in [0.717, 1.165) is 32.5 Å². The Bertz CT molecular complexity index is 139. The molecule has 0 fully saturated rings. The zero-order chi connectivity index (χ0) is 10.6. The minimum Gasteiger partial charge on any atom is -0.502 e. The number of allylic oxidation sites excluding steroid dienone is 1.